The summed E-state index contributed by atoms with van der Waals surface area (Å²) < 4.78 is 7.46. The Labute approximate surface area is 335 Å². The maximum absolute atomic E-state index is 5.06. The maximum Gasteiger partial charge on any atom is 0.164 e. The molecule has 266 valence electrons. The molecule has 0 unspecified atom stereocenters. The van der Waals surface area contributed by atoms with Crippen molar-refractivity contribution in [1.82, 2.24) is 19.5 Å². The first-order valence-electron chi connectivity index (χ1n) is 19.0. The first-order chi connectivity index (χ1) is 28.2. The molecule has 0 amide bonds. The molecule has 0 aliphatic heterocycles. The van der Waals surface area contributed by atoms with Gasteiger partial charge in [-0.05, 0) is 65.7 Å². The van der Waals surface area contributed by atoms with Gasteiger partial charge in [-0.2, -0.15) is 0 Å². The Morgan fingerprint density at radius 3 is 1.47 bits per heavy atom. The van der Waals surface area contributed by atoms with E-state index in [0.29, 0.717) is 17.5 Å². The molecule has 0 N–H and O–H groups in total. The van der Waals surface area contributed by atoms with Gasteiger partial charge in [-0.15, -0.1) is 22.7 Å². The van der Waals surface area contributed by atoms with Crippen molar-refractivity contribution < 1.29 is 0 Å². The summed E-state index contributed by atoms with van der Waals surface area (Å²) in [6, 6.07) is 64.9. The molecule has 4 aromatic heterocycles. The van der Waals surface area contributed by atoms with E-state index in [0.717, 1.165) is 16.7 Å². The first-order valence-corrected chi connectivity index (χ1v) is 20.7. The Balaban J connectivity index is 1.04. The van der Waals surface area contributed by atoms with Crippen LogP contribution in [0.3, 0.4) is 0 Å². The number of nitrogens with zero attached hydrogens (tertiary/aromatic N) is 4. The van der Waals surface area contributed by atoms with Crippen molar-refractivity contribution in [3.63, 3.8) is 0 Å². The summed E-state index contributed by atoms with van der Waals surface area (Å²) in [5.74, 6) is 1.98. The normalized spacial score (nSPS) is 11.9. The number of hydrogen-bond acceptors (Lipinski definition) is 5. The van der Waals surface area contributed by atoms with Gasteiger partial charge in [0.25, 0.3) is 0 Å². The van der Waals surface area contributed by atoms with Gasteiger partial charge in [0.1, 0.15) is 0 Å². The molecular formula is C51H30N4S2. The second-order valence-corrected chi connectivity index (χ2v) is 16.5. The van der Waals surface area contributed by atoms with Crippen LogP contribution in [0, 0.1) is 0 Å². The van der Waals surface area contributed by atoms with Crippen LogP contribution in [0.25, 0.3) is 113 Å². The molecule has 0 bridgehead atoms. The number of rotatable bonds is 5. The summed E-state index contributed by atoms with van der Waals surface area (Å²) in [4.78, 5) is 15.0. The molecule has 0 spiro atoms. The van der Waals surface area contributed by atoms with Crippen LogP contribution in [-0.4, -0.2) is 19.5 Å². The van der Waals surface area contributed by atoms with Gasteiger partial charge in [-0.3, -0.25) is 0 Å². The van der Waals surface area contributed by atoms with Crippen molar-refractivity contribution in [3.05, 3.63) is 182 Å². The SMILES string of the molecule is c1ccc(-c2nc(-c3ccccc3)nc(-c3ccc4sc5cccc(-c6cccc7sc8cc(-n9c%10ccccc%10c%10ccccc%109)ccc8c67)c5c4c3)n2)cc1. The molecule has 0 radical (unpaired) electrons. The average molecular weight is 763 g/mol. The topological polar surface area (TPSA) is 43.6 Å². The van der Waals surface area contributed by atoms with E-state index in [4.69, 9.17) is 15.0 Å². The van der Waals surface area contributed by atoms with Crippen LogP contribution in [0.5, 0.6) is 0 Å². The summed E-state index contributed by atoms with van der Waals surface area (Å²) in [6.07, 6.45) is 0. The van der Waals surface area contributed by atoms with Gasteiger partial charge in [-0.1, -0.05) is 127 Å². The van der Waals surface area contributed by atoms with Gasteiger partial charge in [-0.25, -0.2) is 15.0 Å². The van der Waals surface area contributed by atoms with E-state index < -0.39 is 0 Å². The average Bonchev–Trinajstić information content (AvgIpc) is 3.96. The number of hydrogen-bond donors (Lipinski definition) is 0. The monoisotopic (exact) mass is 762 g/mol. The van der Waals surface area contributed by atoms with Gasteiger partial charge in [0, 0.05) is 73.5 Å². The second-order valence-electron chi connectivity index (χ2n) is 14.4. The minimum Gasteiger partial charge on any atom is -0.309 e. The Morgan fingerprint density at radius 2 is 0.860 bits per heavy atom. The number of aromatic nitrogens is 4. The zero-order valence-electron chi connectivity index (χ0n) is 30.4. The summed E-state index contributed by atoms with van der Waals surface area (Å²) in [5.41, 5.74) is 8.98. The third-order valence-corrected chi connectivity index (χ3v) is 13.3. The summed E-state index contributed by atoms with van der Waals surface area (Å²) in [7, 11) is 0. The van der Waals surface area contributed by atoms with Crippen LogP contribution in [-0.2, 0) is 0 Å². The number of benzene rings is 8. The lowest BCUT2D eigenvalue weighted by Gasteiger charge is -2.10. The minimum atomic E-state index is 0.659. The predicted molar refractivity (Wildman–Crippen MR) is 242 cm³/mol. The molecule has 0 saturated heterocycles. The number of thiophene rings is 2. The van der Waals surface area contributed by atoms with Crippen LogP contribution < -0.4 is 0 Å². The van der Waals surface area contributed by atoms with Crippen molar-refractivity contribution in [3.8, 4) is 51.0 Å². The molecular weight excluding hydrogens is 733 g/mol. The summed E-state index contributed by atoms with van der Waals surface area (Å²) in [5, 5.41) is 7.58. The zero-order valence-corrected chi connectivity index (χ0v) is 32.1. The van der Waals surface area contributed by atoms with E-state index in [9.17, 15) is 0 Å². The summed E-state index contributed by atoms with van der Waals surface area (Å²) >= 11 is 3.70. The highest BCUT2D eigenvalue weighted by atomic mass is 32.1. The van der Waals surface area contributed by atoms with Crippen molar-refractivity contribution >= 4 is 84.8 Å². The lowest BCUT2D eigenvalue weighted by Crippen LogP contribution is -2.00. The molecule has 0 aliphatic carbocycles. The fraction of sp³-hybridized carbons (Fsp3) is 0. The van der Waals surface area contributed by atoms with Crippen LogP contribution in [0.15, 0.2) is 182 Å². The molecule has 4 heterocycles. The van der Waals surface area contributed by atoms with Gasteiger partial charge in [0.2, 0.25) is 0 Å². The standard InChI is InChI=1S/C51H30N4S2/c1-3-13-31(14-4-1)49-52-50(32-15-5-2-6-16-32)54-51(53-49)33-25-28-43-40(29-33)48-38(20-12-24-45(48)56-43)37-19-11-23-44-47(37)39-27-26-34(30-46(39)57-44)55-41-21-9-7-17-35(41)36-18-8-10-22-42(36)55/h1-30H. The Hall–Kier alpha value is -6.99. The zero-order chi connectivity index (χ0) is 37.5. The minimum absolute atomic E-state index is 0.659. The summed E-state index contributed by atoms with van der Waals surface area (Å²) in [6.45, 7) is 0. The lowest BCUT2D eigenvalue weighted by molar-refractivity contribution is 1.07. The Kier molecular flexibility index (Phi) is 7.24. The molecule has 0 fully saturated rings. The van der Waals surface area contributed by atoms with E-state index in [1.54, 1.807) is 0 Å². The van der Waals surface area contributed by atoms with Crippen LogP contribution in [0.2, 0.25) is 0 Å². The van der Waals surface area contributed by atoms with Gasteiger partial charge in [0.15, 0.2) is 17.5 Å². The smallest absolute Gasteiger partial charge is 0.164 e. The molecule has 0 atom stereocenters. The van der Waals surface area contributed by atoms with E-state index in [2.05, 4.69) is 150 Å². The number of para-hydroxylation sites is 2. The highest BCUT2D eigenvalue weighted by Gasteiger charge is 2.19. The molecule has 4 nitrogen and oxygen atoms in total. The second kappa shape index (κ2) is 12.8. The Bertz CT molecular complexity index is 3410. The largest absolute Gasteiger partial charge is 0.309 e. The highest BCUT2D eigenvalue weighted by Crippen LogP contribution is 2.46. The number of fused-ring (bicyclic) bond motifs is 9. The molecule has 6 heteroatoms. The first kappa shape index (κ1) is 32.3. The quantitative estimate of drug-likeness (QED) is 0.175. The third-order valence-electron chi connectivity index (χ3n) is 11.1. The van der Waals surface area contributed by atoms with Crippen molar-refractivity contribution in [2.24, 2.45) is 0 Å². The van der Waals surface area contributed by atoms with Crippen molar-refractivity contribution in [2.75, 3.05) is 0 Å². The van der Waals surface area contributed by atoms with Gasteiger partial charge >= 0.3 is 0 Å². The van der Waals surface area contributed by atoms with Crippen LogP contribution >= 0.6 is 22.7 Å². The van der Waals surface area contributed by atoms with Crippen LogP contribution in [0.1, 0.15) is 0 Å². The molecule has 57 heavy (non-hydrogen) atoms. The molecule has 0 saturated carbocycles. The molecule has 8 aromatic carbocycles. The van der Waals surface area contributed by atoms with Crippen LogP contribution in [0.4, 0.5) is 0 Å². The lowest BCUT2D eigenvalue weighted by atomic mass is 9.95. The van der Waals surface area contributed by atoms with E-state index in [1.807, 2.05) is 59.1 Å². The predicted octanol–water partition coefficient (Wildman–Crippen LogP) is 14.4. The van der Waals surface area contributed by atoms with E-state index >= 15 is 0 Å². The van der Waals surface area contributed by atoms with Gasteiger partial charge < -0.3 is 4.57 Å². The van der Waals surface area contributed by atoms with Gasteiger partial charge in [0.05, 0.1) is 11.0 Å². The van der Waals surface area contributed by atoms with Crippen molar-refractivity contribution in [2.45, 2.75) is 0 Å². The van der Waals surface area contributed by atoms with E-state index in [1.165, 1.54) is 79.0 Å². The Morgan fingerprint density at radius 1 is 0.333 bits per heavy atom. The molecule has 0 aliphatic rings. The molecule has 12 aromatic rings. The van der Waals surface area contributed by atoms with E-state index in [-0.39, 0.29) is 0 Å². The highest BCUT2D eigenvalue weighted by molar-refractivity contribution is 7.26. The van der Waals surface area contributed by atoms with Crippen molar-refractivity contribution in [1.29, 1.82) is 0 Å². The third kappa shape index (κ3) is 5.15. The fourth-order valence-corrected chi connectivity index (χ4v) is 10.8. The molecule has 12 rings (SSSR count). The maximum atomic E-state index is 5.06. The fourth-order valence-electron chi connectivity index (χ4n) is 8.51.